The Morgan fingerprint density at radius 2 is 1.88 bits per heavy atom. The van der Waals surface area contributed by atoms with Crippen molar-refractivity contribution in [2.75, 3.05) is 19.0 Å². The molecule has 0 bridgehead atoms. The van der Waals surface area contributed by atoms with E-state index >= 15 is 0 Å². The molecule has 0 aliphatic carbocycles. The molecule has 0 atom stereocenters. The quantitative estimate of drug-likeness (QED) is 0.334. The molecule has 0 amide bonds. The van der Waals surface area contributed by atoms with Gasteiger partial charge in [-0.2, -0.15) is 5.10 Å². The van der Waals surface area contributed by atoms with Gasteiger partial charge >= 0.3 is 0 Å². The maximum atomic E-state index is 5.92. The molecule has 2 aromatic carbocycles. The van der Waals surface area contributed by atoms with Crippen molar-refractivity contribution in [3.05, 3.63) is 72.6 Å². The molecule has 7 heteroatoms. The van der Waals surface area contributed by atoms with Gasteiger partial charge in [-0.15, -0.1) is 24.0 Å². The highest BCUT2D eigenvalue weighted by atomic mass is 127. The molecule has 0 aliphatic heterocycles. The molecule has 136 valence electrons. The molecule has 1 aromatic heterocycles. The van der Waals surface area contributed by atoms with Gasteiger partial charge in [0.2, 0.25) is 0 Å². The highest BCUT2D eigenvalue weighted by molar-refractivity contribution is 14.0. The van der Waals surface area contributed by atoms with E-state index in [1.807, 2.05) is 71.7 Å². The summed E-state index contributed by atoms with van der Waals surface area (Å²) in [5.41, 5.74) is 8.95. The lowest BCUT2D eigenvalue weighted by Gasteiger charge is -2.06. The molecule has 0 unspecified atom stereocenters. The van der Waals surface area contributed by atoms with E-state index in [4.69, 9.17) is 10.5 Å². The molecule has 3 rings (SSSR count). The Balaban J connectivity index is 0.00000243. The summed E-state index contributed by atoms with van der Waals surface area (Å²) in [6, 6.07) is 17.5. The summed E-state index contributed by atoms with van der Waals surface area (Å²) in [4.78, 5) is 4.35. The van der Waals surface area contributed by atoms with Crippen LogP contribution in [0.3, 0.4) is 0 Å². The van der Waals surface area contributed by atoms with Gasteiger partial charge in [-0.25, -0.2) is 4.68 Å². The van der Waals surface area contributed by atoms with Gasteiger partial charge in [-0.3, -0.25) is 4.99 Å². The number of guanidine groups is 1. The van der Waals surface area contributed by atoms with Crippen molar-refractivity contribution < 1.29 is 4.74 Å². The molecule has 0 saturated carbocycles. The zero-order valence-corrected chi connectivity index (χ0v) is 16.8. The zero-order chi connectivity index (χ0) is 17.5. The highest BCUT2D eigenvalue weighted by Crippen LogP contribution is 2.14. The largest absolute Gasteiger partial charge is 0.497 e. The van der Waals surface area contributed by atoms with Crippen LogP contribution in [0.4, 0.5) is 5.69 Å². The van der Waals surface area contributed by atoms with Crippen LogP contribution in [0.25, 0.3) is 5.69 Å². The lowest BCUT2D eigenvalue weighted by Crippen LogP contribution is -2.23. The Labute approximate surface area is 170 Å². The van der Waals surface area contributed by atoms with Gasteiger partial charge in [0.1, 0.15) is 5.75 Å². The number of methoxy groups -OCH3 is 1. The molecule has 1 heterocycles. The standard InChI is InChI=1S/C19H21N5O.HI/c1-25-18-9-7-16(8-10-18)23-19(20)21-12-11-15-13-22-24(14-15)17-5-3-2-4-6-17;/h2-10,13-14H,11-12H2,1H3,(H3,20,21,23);1H. The van der Waals surface area contributed by atoms with Gasteiger partial charge < -0.3 is 15.8 Å². The minimum atomic E-state index is 0. The maximum Gasteiger partial charge on any atom is 0.193 e. The number of nitrogens with two attached hydrogens (primary N) is 1. The highest BCUT2D eigenvalue weighted by Gasteiger charge is 2.01. The number of halogens is 1. The lowest BCUT2D eigenvalue weighted by atomic mass is 10.2. The van der Waals surface area contributed by atoms with Gasteiger partial charge in [-0.05, 0) is 48.4 Å². The number of nitrogens with one attached hydrogen (secondary N) is 1. The molecular weight excluding hydrogens is 441 g/mol. The number of anilines is 1. The normalized spacial score (nSPS) is 10.9. The van der Waals surface area contributed by atoms with E-state index in [9.17, 15) is 0 Å². The fourth-order valence-corrected chi connectivity index (χ4v) is 2.38. The van der Waals surface area contributed by atoms with E-state index in [-0.39, 0.29) is 24.0 Å². The summed E-state index contributed by atoms with van der Waals surface area (Å²) in [5, 5.41) is 7.44. The van der Waals surface area contributed by atoms with E-state index in [1.54, 1.807) is 7.11 Å². The van der Waals surface area contributed by atoms with Crippen molar-refractivity contribution in [1.29, 1.82) is 0 Å². The summed E-state index contributed by atoms with van der Waals surface area (Å²) in [7, 11) is 1.64. The number of hydrogen-bond acceptors (Lipinski definition) is 3. The minimum absolute atomic E-state index is 0. The van der Waals surface area contributed by atoms with Gasteiger partial charge in [0.25, 0.3) is 0 Å². The van der Waals surface area contributed by atoms with Crippen LogP contribution in [0.5, 0.6) is 5.75 Å². The summed E-state index contributed by atoms with van der Waals surface area (Å²) in [6.07, 6.45) is 4.64. The molecule has 3 aromatic rings. The summed E-state index contributed by atoms with van der Waals surface area (Å²) in [6.45, 7) is 0.593. The van der Waals surface area contributed by atoms with Gasteiger partial charge in [0.05, 0.1) is 19.0 Å². The number of aromatic nitrogens is 2. The number of aliphatic imine (C=N–C) groups is 1. The van der Waals surface area contributed by atoms with Gasteiger partial charge in [-0.1, -0.05) is 18.2 Å². The molecule has 0 aliphatic rings. The Hall–Kier alpha value is -2.55. The first kappa shape index (κ1) is 19.8. The number of ether oxygens (including phenoxy) is 1. The van der Waals surface area contributed by atoms with Crippen LogP contribution in [0.1, 0.15) is 5.56 Å². The third-order valence-electron chi connectivity index (χ3n) is 3.70. The van der Waals surface area contributed by atoms with Crippen LogP contribution < -0.4 is 15.8 Å². The van der Waals surface area contributed by atoms with Crippen molar-refractivity contribution >= 4 is 35.6 Å². The average molecular weight is 463 g/mol. The number of nitrogens with zero attached hydrogens (tertiary/aromatic N) is 3. The van der Waals surface area contributed by atoms with Crippen molar-refractivity contribution in [1.82, 2.24) is 9.78 Å². The molecule has 0 saturated heterocycles. The maximum absolute atomic E-state index is 5.92. The van der Waals surface area contributed by atoms with Crippen molar-refractivity contribution in [3.63, 3.8) is 0 Å². The Bertz CT molecular complexity index is 831. The van der Waals surface area contributed by atoms with Crippen LogP contribution >= 0.6 is 24.0 Å². The predicted octanol–water partition coefficient (Wildman–Crippen LogP) is 3.47. The zero-order valence-electron chi connectivity index (χ0n) is 14.5. The SMILES string of the molecule is COc1ccc(NC(N)=NCCc2cnn(-c3ccccc3)c2)cc1.I. The predicted molar refractivity (Wildman–Crippen MR) is 116 cm³/mol. The Kier molecular flexibility index (Phi) is 7.46. The summed E-state index contributed by atoms with van der Waals surface area (Å²) < 4.78 is 6.98. The number of benzene rings is 2. The molecular formula is C19H22IN5O. The van der Waals surface area contributed by atoms with Gasteiger partial charge in [0.15, 0.2) is 5.96 Å². The Morgan fingerprint density at radius 3 is 2.58 bits per heavy atom. The number of para-hydroxylation sites is 1. The third-order valence-corrected chi connectivity index (χ3v) is 3.70. The Morgan fingerprint density at radius 1 is 1.15 bits per heavy atom. The fourth-order valence-electron chi connectivity index (χ4n) is 2.38. The van der Waals surface area contributed by atoms with Crippen LogP contribution in [-0.2, 0) is 6.42 Å². The first-order valence-electron chi connectivity index (χ1n) is 8.04. The van der Waals surface area contributed by atoms with E-state index in [1.165, 1.54) is 0 Å². The topological polar surface area (TPSA) is 77.5 Å². The number of hydrogen-bond donors (Lipinski definition) is 2. The van der Waals surface area contributed by atoms with Crippen molar-refractivity contribution in [2.45, 2.75) is 6.42 Å². The van der Waals surface area contributed by atoms with Crippen LogP contribution in [0.15, 0.2) is 72.0 Å². The minimum Gasteiger partial charge on any atom is -0.497 e. The molecule has 0 radical (unpaired) electrons. The van der Waals surface area contributed by atoms with Gasteiger partial charge in [0, 0.05) is 18.4 Å². The second-order valence-corrected chi connectivity index (χ2v) is 5.50. The van der Waals surface area contributed by atoms with Crippen LogP contribution in [0, 0.1) is 0 Å². The summed E-state index contributed by atoms with van der Waals surface area (Å²) >= 11 is 0. The molecule has 0 spiro atoms. The van der Waals surface area contributed by atoms with E-state index in [0.717, 1.165) is 29.1 Å². The third kappa shape index (κ3) is 5.48. The average Bonchev–Trinajstić information content (AvgIpc) is 3.12. The molecule has 3 N–H and O–H groups in total. The van der Waals surface area contributed by atoms with Crippen LogP contribution in [-0.4, -0.2) is 29.4 Å². The second kappa shape index (κ2) is 9.81. The first-order chi connectivity index (χ1) is 12.2. The monoisotopic (exact) mass is 463 g/mol. The van der Waals surface area contributed by atoms with Crippen molar-refractivity contribution in [3.8, 4) is 11.4 Å². The lowest BCUT2D eigenvalue weighted by molar-refractivity contribution is 0.415. The van der Waals surface area contributed by atoms with E-state index in [0.29, 0.717) is 12.5 Å². The smallest absolute Gasteiger partial charge is 0.193 e. The second-order valence-electron chi connectivity index (χ2n) is 5.50. The first-order valence-corrected chi connectivity index (χ1v) is 8.04. The molecule has 6 nitrogen and oxygen atoms in total. The van der Waals surface area contributed by atoms with E-state index in [2.05, 4.69) is 15.4 Å². The van der Waals surface area contributed by atoms with Crippen LogP contribution in [0.2, 0.25) is 0 Å². The fraction of sp³-hybridized carbons (Fsp3) is 0.158. The van der Waals surface area contributed by atoms with Crippen molar-refractivity contribution in [2.24, 2.45) is 10.7 Å². The molecule has 0 fully saturated rings. The van der Waals surface area contributed by atoms with E-state index < -0.39 is 0 Å². The summed E-state index contributed by atoms with van der Waals surface area (Å²) in [5.74, 6) is 1.19. The molecule has 26 heavy (non-hydrogen) atoms. The number of rotatable bonds is 6.